The van der Waals surface area contributed by atoms with Crippen molar-refractivity contribution in [1.29, 1.82) is 0 Å². The van der Waals surface area contributed by atoms with Gasteiger partial charge in [0.25, 0.3) is 0 Å². The molecule has 1 aliphatic carbocycles. The van der Waals surface area contributed by atoms with Crippen molar-refractivity contribution in [2.24, 2.45) is 5.92 Å². The first-order valence-corrected chi connectivity index (χ1v) is 7.71. The molecular formula is C16H20ClNO3. The summed E-state index contributed by atoms with van der Waals surface area (Å²) >= 11 is 5.81. The van der Waals surface area contributed by atoms with Crippen molar-refractivity contribution in [2.45, 2.75) is 44.6 Å². The standard InChI is InChI=1S/C16H20ClNO3/c17-13-8-6-11(7-9-13)10-14(16(20)21)18-15(19)12-4-2-1-3-5-12/h6-9,12,14H,1-5,10H2,(H,18,19)(H,20,21)/t14-/m0/s1. The first-order valence-electron chi connectivity index (χ1n) is 7.34. The third kappa shape index (κ3) is 4.74. The summed E-state index contributed by atoms with van der Waals surface area (Å²) in [7, 11) is 0. The molecule has 1 aromatic rings. The van der Waals surface area contributed by atoms with E-state index in [0.717, 1.165) is 37.7 Å². The fourth-order valence-electron chi connectivity index (χ4n) is 2.71. The van der Waals surface area contributed by atoms with Gasteiger partial charge in [0.05, 0.1) is 0 Å². The van der Waals surface area contributed by atoms with Crippen LogP contribution in [0.5, 0.6) is 0 Å². The van der Waals surface area contributed by atoms with E-state index in [4.69, 9.17) is 11.6 Å². The number of halogens is 1. The van der Waals surface area contributed by atoms with E-state index in [1.807, 2.05) is 0 Å². The zero-order valence-electron chi connectivity index (χ0n) is 11.8. The smallest absolute Gasteiger partial charge is 0.326 e. The Hall–Kier alpha value is -1.55. The van der Waals surface area contributed by atoms with Crippen LogP contribution >= 0.6 is 11.6 Å². The minimum absolute atomic E-state index is 0.0363. The van der Waals surface area contributed by atoms with Gasteiger partial charge in [-0.3, -0.25) is 4.79 Å². The van der Waals surface area contributed by atoms with E-state index in [0.29, 0.717) is 5.02 Å². The maximum absolute atomic E-state index is 12.2. The van der Waals surface area contributed by atoms with E-state index in [1.54, 1.807) is 24.3 Å². The van der Waals surface area contributed by atoms with Crippen LogP contribution in [0.3, 0.4) is 0 Å². The van der Waals surface area contributed by atoms with Crippen molar-refractivity contribution in [3.63, 3.8) is 0 Å². The fourth-order valence-corrected chi connectivity index (χ4v) is 2.84. The highest BCUT2D eigenvalue weighted by Crippen LogP contribution is 2.23. The summed E-state index contributed by atoms with van der Waals surface area (Å²) in [5.41, 5.74) is 0.843. The molecule has 1 amide bonds. The Kier molecular flexibility index (Phi) is 5.62. The number of benzene rings is 1. The number of amides is 1. The fraction of sp³-hybridized carbons (Fsp3) is 0.500. The van der Waals surface area contributed by atoms with E-state index < -0.39 is 12.0 Å². The van der Waals surface area contributed by atoms with E-state index in [9.17, 15) is 14.7 Å². The third-order valence-electron chi connectivity index (χ3n) is 3.94. The maximum atomic E-state index is 12.2. The summed E-state index contributed by atoms with van der Waals surface area (Å²) in [6.07, 6.45) is 5.25. The zero-order chi connectivity index (χ0) is 15.2. The van der Waals surface area contributed by atoms with Gasteiger partial charge in [0, 0.05) is 17.4 Å². The van der Waals surface area contributed by atoms with Gasteiger partial charge in [-0.15, -0.1) is 0 Å². The number of hydrogen-bond donors (Lipinski definition) is 2. The molecule has 1 atom stereocenters. The van der Waals surface area contributed by atoms with Gasteiger partial charge in [-0.1, -0.05) is 43.0 Å². The molecule has 0 aromatic heterocycles. The molecule has 114 valence electrons. The second-order valence-electron chi connectivity index (χ2n) is 5.56. The average molecular weight is 310 g/mol. The van der Waals surface area contributed by atoms with E-state index in [1.165, 1.54) is 0 Å². The Morgan fingerprint density at radius 2 is 1.81 bits per heavy atom. The SMILES string of the molecule is O=C(N[C@@H](Cc1ccc(Cl)cc1)C(=O)O)C1CCCCC1. The van der Waals surface area contributed by atoms with Gasteiger partial charge in [0.1, 0.15) is 6.04 Å². The monoisotopic (exact) mass is 309 g/mol. The minimum Gasteiger partial charge on any atom is -0.480 e. The molecule has 4 nitrogen and oxygen atoms in total. The highest BCUT2D eigenvalue weighted by Gasteiger charge is 2.26. The molecule has 2 rings (SSSR count). The van der Waals surface area contributed by atoms with Crippen LogP contribution in [-0.4, -0.2) is 23.0 Å². The molecule has 0 heterocycles. The van der Waals surface area contributed by atoms with Crippen LogP contribution in [0.15, 0.2) is 24.3 Å². The molecule has 0 spiro atoms. The summed E-state index contributed by atoms with van der Waals surface area (Å²) in [5.74, 6) is -1.17. The van der Waals surface area contributed by atoms with Gasteiger partial charge in [-0.05, 0) is 30.5 Å². The Labute approximate surface area is 129 Å². The molecule has 1 aliphatic rings. The van der Waals surface area contributed by atoms with Crippen molar-refractivity contribution in [2.75, 3.05) is 0 Å². The Balaban J connectivity index is 1.96. The number of hydrogen-bond acceptors (Lipinski definition) is 2. The van der Waals surface area contributed by atoms with Crippen LogP contribution in [0.1, 0.15) is 37.7 Å². The summed E-state index contributed by atoms with van der Waals surface area (Å²) in [6.45, 7) is 0. The lowest BCUT2D eigenvalue weighted by Crippen LogP contribution is -2.45. The van der Waals surface area contributed by atoms with Gasteiger partial charge < -0.3 is 10.4 Å². The second kappa shape index (κ2) is 7.46. The van der Waals surface area contributed by atoms with Gasteiger partial charge in [-0.2, -0.15) is 0 Å². The Bertz CT molecular complexity index is 495. The molecule has 1 saturated carbocycles. The largest absolute Gasteiger partial charge is 0.480 e. The molecule has 5 heteroatoms. The van der Waals surface area contributed by atoms with Crippen molar-refractivity contribution in [3.8, 4) is 0 Å². The maximum Gasteiger partial charge on any atom is 0.326 e. The predicted octanol–water partition coefficient (Wildman–Crippen LogP) is 3.03. The second-order valence-corrected chi connectivity index (χ2v) is 6.00. The Morgan fingerprint density at radius 3 is 2.38 bits per heavy atom. The van der Waals surface area contributed by atoms with Crippen LogP contribution in [0.2, 0.25) is 5.02 Å². The van der Waals surface area contributed by atoms with E-state index in [2.05, 4.69) is 5.32 Å². The molecule has 0 aliphatic heterocycles. The van der Waals surface area contributed by atoms with Crippen molar-refractivity contribution in [1.82, 2.24) is 5.32 Å². The van der Waals surface area contributed by atoms with Gasteiger partial charge in [0.15, 0.2) is 0 Å². The van der Waals surface area contributed by atoms with Crippen molar-refractivity contribution >= 4 is 23.5 Å². The first kappa shape index (κ1) is 15.8. The normalized spacial score (nSPS) is 17.2. The lowest BCUT2D eigenvalue weighted by molar-refractivity contribution is -0.142. The van der Waals surface area contributed by atoms with E-state index >= 15 is 0 Å². The zero-order valence-corrected chi connectivity index (χ0v) is 12.6. The molecule has 0 saturated heterocycles. The molecule has 2 N–H and O–H groups in total. The minimum atomic E-state index is -1.01. The quantitative estimate of drug-likeness (QED) is 0.878. The summed E-state index contributed by atoms with van der Waals surface area (Å²) < 4.78 is 0. The molecule has 0 bridgehead atoms. The molecule has 21 heavy (non-hydrogen) atoms. The Morgan fingerprint density at radius 1 is 1.19 bits per heavy atom. The molecule has 1 aromatic carbocycles. The number of carbonyl (C=O) groups excluding carboxylic acids is 1. The number of carboxylic acid groups (broad SMARTS) is 1. The van der Waals surface area contributed by atoms with Crippen LogP contribution in [0, 0.1) is 5.92 Å². The van der Waals surface area contributed by atoms with Crippen molar-refractivity contribution in [3.05, 3.63) is 34.9 Å². The lowest BCUT2D eigenvalue weighted by Gasteiger charge is -2.23. The molecular weight excluding hydrogens is 290 g/mol. The van der Waals surface area contributed by atoms with Gasteiger partial charge >= 0.3 is 5.97 Å². The van der Waals surface area contributed by atoms with Gasteiger partial charge in [-0.25, -0.2) is 4.79 Å². The number of rotatable bonds is 5. The van der Waals surface area contributed by atoms with Crippen LogP contribution in [0.4, 0.5) is 0 Å². The average Bonchev–Trinajstić information content (AvgIpc) is 2.49. The third-order valence-corrected chi connectivity index (χ3v) is 4.20. The van der Waals surface area contributed by atoms with Crippen LogP contribution in [0.25, 0.3) is 0 Å². The predicted molar refractivity (Wildman–Crippen MR) is 81.3 cm³/mol. The van der Waals surface area contributed by atoms with Crippen LogP contribution in [-0.2, 0) is 16.0 Å². The topological polar surface area (TPSA) is 66.4 Å². The number of carboxylic acids is 1. The summed E-state index contributed by atoms with van der Waals surface area (Å²) in [5, 5.41) is 12.6. The van der Waals surface area contributed by atoms with Crippen molar-refractivity contribution < 1.29 is 14.7 Å². The van der Waals surface area contributed by atoms with E-state index in [-0.39, 0.29) is 18.2 Å². The van der Waals surface area contributed by atoms with Crippen LogP contribution < -0.4 is 5.32 Å². The number of carbonyl (C=O) groups is 2. The van der Waals surface area contributed by atoms with Gasteiger partial charge in [0.2, 0.25) is 5.91 Å². The molecule has 1 fully saturated rings. The molecule has 0 unspecified atom stereocenters. The first-order chi connectivity index (χ1) is 10.1. The lowest BCUT2D eigenvalue weighted by atomic mass is 9.88. The summed E-state index contributed by atoms with van der Waals surface area (Å²) in [4.78, 5) is 23.5. The summed E-state index contributed by atoms with van der Waals surface area (Å²) in [6, 6.07) is 6.12. The highest BCUT2D eigenvalue weighted by molar-refractivity contribution is 6.30. The number of aliphatic carboxylic acids is 1. The number of nitrogens with one attached hydrogen (secondary N) is 1. The molecule has 0 radical (unpaired) electrons. The highest BCUT2D eigenvalue weighted by atomic mass is 35.5.